The summed E-state index contributed by atoms with van der Waals surface area (Å²) in [5.74, 6) is 1.73. The Morgan fingerprint density at radius 2 is 2.04 bits per heavy atom. The number of carbonyl (C=O) groups is 1. The number of hydrogen-bond donors (Lipinski definition) is 1. The highest BCUT2D eigenvalue weighted by Crippen LogP contribution is 2.44. The van der Waals surface area contributed by atoms with E-state index in [4.69, 9.17) is 10.00 Å². The van der Waals surface area contributed by atoms with Gasteiger partial charge >= 0.3 is 0 Å². The summed E-state index contributed by atoms with van der Waals surface area (Å²) in [5, 5.41) is 10.0. The van der Waals surface area contributed by atoms with Crippen LogP contribution in [0.25, 0.3) is 10.9 Å². The van der Waals surface area contributed by atoms with Crippen LogP contribution in [-0.4, -0.2) is 29.4 Å². The van der Waals surface area contributed by atoms with E-state index in [1.165, 1.54) is 0 Å². The number of carbonyl (C=O) groups excluding carboxylic acids is 1. The first-order valence-electron chi connectivity index (χ1n) is 8.84. The molecule has 4 rings (SSSR count). The van der Waals surface area contributed by atoms with Crippen LogP contribution in [0.5, 0.6) is 5.75 Å². The van der Waals surface area contributed by atoms with E-state index in [0.717, 1.165) is 39.2 Å². The second kappa shape index (κ2) is 6.47. The van der Waals surface area contributed by atoms with Gasteiger partial charge in [-0.1, -0.05) is 19.9 Å². The van der Waals surface area contributed by atoms with Gasteiger partial charge in [0.15, 0.2) is 5.78 Å². The maximum absolute atomic E-state index is 13.3. The molecule has 1 aromatic heterocycles. The molecule has 0 fully saturated rings. The number of aromatic nitrogens is 1. The van der Waals surface area contributed by atoms with Gasteiger partial charge in [-0.05, 0) is 42.2 Å². The van der Waals surface area contributed by atoms with Gasteiger partial charge in [-0.25, -0.2) is 0 Å². The number of hydrogen-bond acceptors (Lipinski definition) is 4. The van der Waals surface area contributed by atoms with Crippen molar-refractivity contribution in [3.8, 4) is 11.8 Å². The number of fused-ring (bicyclic) bond motifs is 4. The van der Waals surface area contributed by atoms with Gasteiger partial charge in [-0.3, -0.25) is 4.79 Å². The maximum Gasteiger partial charge on any atom is 0.195 e. The fourth-order valence-corrected chi connectivity index (χ4v) is 4.06. The molecule has 0 radical (unpaired) electrons. The van der Waals surface area contributed by atoms with Gasteiger partial charge in [-0.15, -0.1) is 0 Å². The number of H-pyrrole nitrogens is 1. The fraction of sp³-hybridized carbons (Fsp3) is 0.273. The number of ketones is 1. The van der Waals surface area contributed by atoms with Crippen LogP contribution in [0.3, 0.4) is 0 Å². The normalized spacial score (nSPS) is 14.5. The Labute approximate surface area is 162 Å². The van der Waals surface area contributed by atoms with E-state index >= 15 is 0 Å². The highest BCUT2D eigenvalue weighted by atomic mass is 32.2. The lowest BCUT2D eigenvalue weighted by atomic mass is 9.71. The third-order valence-electron chi connectivity index (χ3n) is 5.24. The van der Waals surface area contributed by atoms with Crippen molar-refractivity contribution in [2.45, 2.75) is 19.3 Å². The van der Waals surface area contributed by atoms with Crippen LogP contribution in [-0.2, 0) is 5.41 Å². The van der Waals surface area contributed by atoms with Crippen LogP contribution in [0.1, 0.15) is 46.6 Å². The van der Waals surface area contributed by atoms with Crippen LogP contribution in [0, 0.1) is 11.3 Å². The first kappa shape index (κ1) is 17.7. The third-order valence-corrected chi connectivity index (χ3v) is 5.82. The van der Waals surface area contributed by atoms with Crippen molar-refractivity contribution in [1.29, 1.82) is 5.26 Å². The minimum Gasteiger partial charge on any atom is -0.493 e. The van der Waals surface area contributed by atoms with E-state index in [1.807, 2.05) is 30.5 Å². The Kier molecular flexibility index (Phi) is 4.24. The van der Waals surface area contributed by atoms with Gasteiger partial charge in [0.05, 0.1) is 23.8 Å². The lowest BCUT2D eigenvalue weighted by Crippen LogP contribution is -2.30. The summed E-state index contributed by atoms with van der Waals surface area (Å²) < 4.78 is 5.84. The molecule has 0 amide bonds. The second-order valence-corrected chi connectivity index (χ2v) is 8.24. The van der Waals surface area contributed by atoms with Gasteiger partial charge in [0.1, 0.15) is 5.75 Å². The quantitative estimate of drug-likeness (QED) is 0.673. The molecule has 0 bridgehead atoms. The molecule has 4 nitrogen and oxygen atoms in total. The summed E-state index contributed by atoms with van der Waals surface area (Å²) in [6, 6.07) is 13.3. The predicted molar refractivity (Wildman–Crippen MR) is 109 cm³/mol. The molecule has 2 aromatic carbocycles. The molecule has 136 valence electrons. The summed E-state index contributed by atoms with van der Waals surface area (Å²) in [6.45, 7) is 4.87. The van der Waals surface area contributed by atoms with E-state index < -0.39 is 0 Å². The van der Waals surface area contributed by atoms with Crippen LogP contribution < -0.4 is 4.74 Å². The molecule has 27 heavy (non-hydrogen) atoms. The Hall–Kier alpha value is -2.71. The van der Waals surface area contributed by atoms with Crippen molar-refractivity contribution in [3.05, 3.63) is 64.3 Å². The number of nitrogens with one attached hydrogen (secondary N) is 1. The van der Waals surface area contributed by atoms with Crippen LogP contribution in [0.2, 0.25) is 0 Å². The maximum atomic E-state index is 13.3. The Balaban J connectivity index is 1.86. The van der Waals surface area contributed by atoms with Crippen molar-refractivity contribution in [2.24, 2.45) is 0 Å². The molecule has 0 aliphatic heterocycles. The lowest BCUT2D eigenvalue weighted by molar-refractivity contribution is 0.103. The highest BCUT2D eigenvalue weighted by molar-refractivity contribution is 7.98. The number of aromatic amines is 1. The SMILES string of the molecule is CSCCOc1ccc2c(c1)C(C)(C)c1[nH]c3cc(C#N)ccc3c1C2=O. The molecule has 3 aromatic rings. The van der Waals surface area contributed by atoms with E-state index in [0.29, 0.717) is 17.7 Å². The van der Waals surface area contributed by atoms with Crippen molar-refractivity contribution >= 4 is 28.4 Å². The largest absolute Gasteiger partial charge is 0.493 e. The monoisotopic (exact) mass is 376 g/mol. The molecule has 1 N–H and O–H groups in total. The molecule has 0 saturated heterocycles. The first-order valence-corrected chi connectivity index (χ1v) is 10.2. The fourth-order valence-electron chi connectivity index (χ4n) is 3.81. The lowest BCUT2D eigenvalue weighted by Gasteiger charge is -2.32. The zero-order valence-electron chi connectivity index (χ0n) is 15.6. The number of ether oxygens (including phenoxy) is 1. The third kappa shape index (κ3) is 2.72. The molecule has 1 heterocycles. The van der Waals surface area contributed by atoms with Gasteiger partial charge < -0.3 is 9.72 Å². The predicted octanol–water partition coefficient (Wildman–Crippen LogP) is 4.65. The van der Waals surface area contributed by atoms with Gasteiger partial charge in [-0.2, -0.15) is 17.0 Å². The summed E-state index contributed by atoms with van der Waals surface area (Å²) in [5.41, 5.74) is 4.32. The van der Waals surface area contributed by atoms with Gasteiger partial charge in [0, 0.05) is 33.3 Å². The molecule has 0 saturated carbocycles. The first-order chi connectivity index (χ1) is 13.0. The zero-order chi connectivity index (χ0) is 19.2. The minimum absolute atomic E-state index is 0.0194. The Morgan fingerprint density at radius 1 is 1.22 bits per heavy atom. The summed E-state index contributed by atoms with van der Waals surface area (Å²) in [4.78, 5) is 16.7. The van der Waals surface area contributed by atoms with Crippen molar-refractivity contribution in [1.82, 2.24) is 4.98 Å². The number of thioether (sulfide) groups is 1. The van der Waals surface area contributed by atoms with E-state index in [9.17, 15) is 4.79 Å². The highest BCUT2D eigenvalue weighted by Gasteiger charge is 2.39. The van der Waals surface area contributed by atoms with Crippen LogP contribution >= 0.6 is 11.8 Å². The molecule has 0 atom stereocenters. The molecule has 1 aliphatic rings. The zero-order valence-corrected chi connectivity index (χ0v) is 16.4. The summed E-state index contributed by atoms with van der Waals surface area (Å²) >= 11 is 1.74. The standard InChI is InChI=1S/C22H20N2O2S/c1-22(2)17-11-14(26-8-9-27-3)5-7-15(17)20(25)19-16-6-4-13(12-23)10-18(16)24-21(19)22/h4-7,10-11,24H,8-9H2,1-3H3. The van der Waals surface area contributed by atoms with Gasteiger partial charge in [0.2, 0.25) is 0 Å². The van der Waals surface area contributed by atoms with Crippen LogP contribution in [0.4, 0.5) is 0 Å². The molecule has 1 aliphatic carbocycles. The summed E-state index contributed by atoms with van der Waals surface area (Å²) in [7, 11) is 0. The van der Waals surface area contributed by atoms with Crippen LogP contribution in [0.15, 0.2) is 36.4 Å². The summed E-state index contributed by atoms with van der Waals surface area (Å²) in [6.07, 6.45) is 2.05. The molecule has 0 unspecified atom stereocenters. The van der Waals surface area contributed by atoms with E-state index in [2.05, 4.69) is 24.9 Å². The second-order valence-electron chi connectivity index (χ2n) is 7.25. The number of nitrogens with zero attached hydrogens (tertiary/aromatic N) is 1. The number of benzene rings is 2. The number of rotatable bonds is 4. The van der Waals surface area contributed by atoms with Gasteiger partial charge in [0.25, 0.3) is 0 Å². The molecular weight excluding hydrogens is 356 g/mol. The Morgan fingerprint density at radius 3 is 2.78 bits per heavy atom. The number of nitriles is 1. The average Bonchev–Trinajstić information content (AvgIpc) is 3.06. The minimum atomic E-state index is -0.372. The van der Waals surface area contributed by atoms with E-state index in [-0.39, 0.29) is 11.2 Å². The molecule has 5 heteroatoms. The average molecular weight is 376 g/mol. The van der Waals surface area contributed by atoms with E-state index in [1.54, 1.807) is 23.9 Å². The van der Waals surface area contributed by atoms with Crippen molar-refractivity contribution < 1.29 is 9.53 Å². The molecular formula is C22H20N2O2S. The van der Waals surface area contributed by atoms with Crippen molar-refractivity contribution in [3.63, 3.8) is 0 Å². The molecule has 0 spiro atoms. The smallest absolute Gasteiger partial charge is 0.195 e. The van der Waals surface area contributed by atoms with Crippen molar-refractivity contribution in [2.75, 3.05) is 18.6 Å². The topological polar surface area (TPSA) is 65.9 Å². The Bertz CT molecular complexity index is 1110.